The fourth-order valence-corrected chi connectivity index (χ4v) is 1.95. The fraction of sp³-hybridized carbons (Fsp3) is 0. The molecule has 3 rings (SSSR count). The number of hydrogen-bond donors (Lipinski definition) is 2. The number of aromatic nitrogens is 2. The smallest absolute Gasteiger partial charge is 0.292 e. The number of benzene rings is 1. The Morgan fingerprint density at radius 1 is 1.13 bits per heavy atom. The maximum absolute atomic E-state index is 13.1. The lowest BCUT2D eigenvalue weighted by molar-refractivity contribution is 0.0996. The van der Waals surface area contributed by atoms with E-state index in [4.69, 9.17) is 16.0 Å². The van der Waals surface area contributed by atoms with E-state index in [0.29, 0.717) is 11.5 Å². The fourth-order valence-electron chi connectivity index (χ4n) is 1.77. The number of nitrogens with one attached hydrogen (secondary N) is 2. The van der Waals surface area contributed by atoms with E-state index >= 15 is 0 Å². The molecule has 2 N–H and O–H groups in total. The van der Waals surface area contributed by atoms with Crippen LogP contribution in [0.5, 0.6) is 0 Å². The van der Waals surface area contributed by atoms with Gasteiger partial charge in [-0.25, -0.2) is 4.39 Å². The van der Waals surface area contributed by atoms with Crippen LogP contribution in [0.1, 0.15) is 10.6 Å². The third-order valence-electron chi connectivity index (χ3n) is 2.84. The molecule has 0 fully saturated rings. The zero-order valence-corrected chi connectivity index (χ0v) is 12.3. The van der Waals surface area contributed by atoms with Crippen LogP contribution in [0.2, 0.25) is 5.02 Å². The van der Waals surface area contributed by atoms with Crippen LogP contribution in [0.3, 0.4) is 0 Å². The zero-order valence-electron chi connectivity index (χ0n) is 11.6. The van der Waals surface area contributed by atoms with E-state index < -0.39 is 11.7 Å². The van der Waals surface area contributed by atoms with Gasteiger partial charge in [-0.3, -0.25) is 4.79 Å². The van der Waals surface area contributed by atoms with Gasteiger partial charge in [0.1, 0.15) is 5.82 Å². The van der Waals surface area contributed by atoms with Gasteiger partial charge in [0.15, 0.2) is 17.4 Å². The van der Waals surface area contributed by atoms with Gasteiger partial charge in [-0.2, -0.15) is 0 Å². The summed E-state index contributed by atoms with van der Waals surface area (Å²) in [6.07, 6.45) is 1.40. The van der Waals surface area contributed by atoms with Gasteiger partial charge in [0.05, 0.1) is 11.3 Å². The molecule has 0 aliphatic rings. The molecule has 1 aromatic carbocycles. The molecular weight excluding hydrogens is 323 g/mol. The molecule has 2 aromatic heterocycles. The number of hydrogen-bond acceptors (Lipinski definition) is 5. The van der Waals surface area contributed by atoms with Gasteiger partial charge in [-0.1, -0.05) is 11.6 Å². The first-order chi connectivity index (χ1) is 11.1. The van der Waals surface area contributed by atoms with Crippen LogP contribution in [0.4, 0.5) is 21.7 Å². The van der Waals surface area contributed by atoms with Crippen molar-refractivity contribution in [2.75, 3.05) is 10.6 Å². The first-order valence-corrected chi connectivity index (χ1v) is 6.90. The number of nitrogens with zero attached hydrogens (tertiary/aromatic N) is 2. The molecule has 0 atom stereocenters. The van der Waals surface area contributed by atoms with Crippen LogP contribution in [0, 0.1) is 5.82 Å². The Morgan fingerprint density at radius 3 is 2.57 bits per heavy atom. The van der Waals surface area contributed by atoms with Crippen molar-refractivity contribution in [3.8, 4) is 0 Å². The molecule has 0 saturated carbocycles. The Hall–Kier alpha value is -2.93. The molecule has 8 heteroatoms. The average Bonchev–Trinajstić information content (AvgIpc) is 3.07. The van der Waals surface area contributed by atoms with Gasteiger partial charge in [0, 0.05) is 5.69 Å². The third-order valence-corrected chi connectivity index (χ3v) is 3.13. The monoisotopic (exact) mass is 332 g/mol. The number of halogens is 2. The number of amides is 1. The molecule has 3 aromatic rings. The third kappa shape index (κ3) is 3.64. The number of carbonyl (C=O) groups is 1. The van der Waals surface area contributed by atoms with E-state index in [9.17, 15) is 9.18 Å². The summed E-state index contributed by atoms with van der Waals surface area (Å²) >= 11 is 5.70. The van der Waals surface area contributed by atoms with Crippen LogP contribution >= 0.6 is 11.6 Å². The second-order valence-electron chi connectivity index (χ2n) is 4.49. The van der Waals surface area contributed by atoms with Gasteiger partial charge in [0.25, 0.3) is 5.91 Å². The summed E-state index contributed by atoms with van der Waals surface area (Å²) in [5.41, 5.74) is 0.568. The lowest BCUT2D eigenvalue weighted by atomic mass is 10.3. The summed E-state index contributed by atoms with van der Waals surface area (Å²) in [6.45, 7) is 0. The molecular formula is C15H10ClFN4O2. The van der Waals surface area contributed by atoms with Crippen molar-refractivity contribution in [2.45, 2.75) is 0 Å². The van der Waals surface area contributed by atoms with E-state index in [1.54, 1.807) is 18.2 Å². The molecule has 23 heavy (non-hydrogen) atoms. The van der Waals surface area contributed by atoms with Crippen molar-refractivity contribution < 1.29 is 13.6 Å². The predicted octanol–water partition coefficient (Wildman–Crippen LogP) is 3.86. The lowest BCUT2D eigenvalue weighted by Crippen LogP contribution is -2.12. The second kappa shape index (κ2) is 6.45. The van der Waals surface area contributed by atoms with E-state index in [0.717, 1.165) is 0 Å². The van der Waals surface area contributed by atoms with Gasteiger partial charge in [0.2, 0.25) is 0 Å². The molecule has 0 aliphatic heterocycles. The molecule has 0 bridgehead atoms. The SMILES string of the molecule is O=C(Nc1ccc(Nc2ccc(F)c(Cl)c2)nn1)c1ccco1. The minimum atomic E-state index is -0.501. The van der Waals surface area contributed by atoms with Gasteiger partial charge in [-0.15, -0.1) is 10.2 Å². The molecule has 6 nitrogen and oxygen atoms in total. The minimum Gasteiger partial charge on any atom is -0.459 e. The molecule has 0 saturated heterocycles. The van der Waals surface area contributed by atoms with Crippen molar-refractivity contribution in [1.82, 2.24) is 10.2 Å². The first kappa shape index (κ1) is 15.0. The van der Waals surface area contributed by atoms with Crippen LogP contribution in [-0.4, -0.2) is 16.1 Å². The summed E-state index contributed by atoms with van der Waals surface area (Å²) < 4.78 is 18.1. The van der Waals surface area contributed by atoms with Crippen molar-refractivity contribution >= 4 is 34.8 Å². The number of anilines is 3. The Morgan fingerprint density at radius 2 is 1.91 bits per heavy atom. The van der Waals surface area contributed by atoms with Crippen molar-refractivity contribution in [3.63, 3.8) is 0 Å². The van der Waals surface area contributed by atoms with Crippen molar-refractivity contribution in [1.29, 1.82) is 0 Å². The highest BCUT2D eigenvalue weighted by Gasteiger charge is 2.09. The van der Waals surface area contributed by atoms with Gasteiger partial charge < -0.3 is 15.1 Å². The normalized spacial score (nSPS) is 10.3. The molecule has 116 valence electrons. The van der Waals surface area contributed by atoms with E-state index in [2.05, 4.69) is 20.8 Å². The highest BCUT2D eigenvalue weighted by molar-refractivity contribution is 6.31. The first-order valence-electron chi connectivity index (χ1n) is 6.52. The molecule has 0 radical (unpaired) electrons. The zero-order chi connectivity index (χ0) is 16.2. The Balaban J connectivity index is 1.67. The standard InChI is InChI=1S/C15H10ClFN4O2/c16-10-8-9(3-4-11(10)17)18-13-5-6-14(21-20-13)19-15(22)12-2-1-7-23-12/h1-8H,(H,18,20)(H,19,21,22). The maximum Gasteiger partial charge on any atom is 0.292 e. The number of carbonyl (C=O) groups excluding carboxylic acids is 1. The second-order valence-corrected chi connectivity index (χ2v) is 4.90. The predicted molar refractivity (Wildman–Crippen MR) is 83.4 cm³/mol. The van der Waals surface area contributed by atoms with E-state index in [-0.39, 0.29) is 16.6 Å². The van der Waals surface area contributed by atoms with Crippen LogP contribution in [-0.2, 0) is 0 Å². The highest BCUT2D eigenvalue weighted by Crippen LogP contribution is 2.22. The minimum absolute atomic E-state index is 0.00490. The summed E-state index contributed by atoms with van der Waals surface area (Å²) in [6, 6.07) is 10.5. The lowest BCUT2D eigenvalue weighted by Gasteiger charge is -2.06. The Labute approximate surface area is 135 Å². The van der Waals surface area contributed by atoms with E-state index in [1.165, 1.54) is 30.5 Å². The molecule has 0 unspecified atom stereocenters. The summed E-state index contributed by atoms with van der Waals surface area (Å²) in [5, 5.41) is 13.3. The number of furan rings is 1. The summed E-state index contributed by atoms with van der Waals surface area (Å²) in [4.78, 5) is 11.8. The molecule has 1 amide bonds. The van der Waals surface area contributed by atoms with Crippen molar-refractivity contribution in [2.24, 2.45) is 0 Å². The van der Waals surface area contributed by atoms with Crippen molar-refractivity contribution in [3.05, 3.63) is 65.3 Å². The molecule has 0 spiro atoms. The maximum atomic E-state index is 13.1. The van der Waals surface area contributed by atoms with E-state index in [1.807, 2.05) is 0 Å². The molecule has 0 aliphatic carbocycles. The molecule has 2 heterocycles. The Kier molecular flexibility index (Phi) is 4.20. The Bertz CT molecular complexity index is 822. The summed E-state index contributed by atoms with van der Waals surface area (Å²) in [7, 11) is 0. The summed E-state index contributed by atoms with van der Waals surface area (Å²) in [5.74, 6) is -0.0534. The highest BCUT2D eigenvalue weighted by atomic mass is 35.5. The topological polar surface area (TPSA) is 80.0 Å². The van der Waals surface area contributed by atoms with Gasteiger partial charge >= 0.3 is 0 Å². The van der Waals surface area contributed by atoms with Crippen LogP contribution < -0.4 is 10.6 Å². The van der Waals surface area contributed by atoms with Gasteiger partial charge in [-0.05, 0) is 42.5 Å². The largest absolute Gasteiger partial charge is 0.459 e. The average molecular weight is 333 g/mol. The quantitative estimate of drug-likeness (QED) is 0.758. The van der Waals surface area contributed by atoms with Crippen LogP contribution in [0.15, 0.2) is 53.1 Å². The van der Waals surface area contributed by atoms with Crippen LogP contribution in [0.25, 0.3) is 0 Å². The number of rotatable bonds is 4.